The first-order chi connectivity index (χ1) is 9.51. The van der Waals surface area contributed by atoms with Crippen LogP contribution in [0, 0.1) is 6.92 Å². The summed E-state index contributed by atoms with van der Waals surface area (Å²) >= 11 is 0. The Kier molecular flexibility index (Phi) is 4.08. The van der Waals surface area contributed by atoms with Gasteiger partial charge in [-0.1, -0.05) is 12.1 Å². The summed E-state index contributed by atoms with van der Waals surface area (Å²) in [5.41, 5.74) is 8.92. The predicted octanol–water partition coefficient (Wildman–Crippen LogP) is 2.07. The van der Waals surface area contributed by atoms with E-state index >= 15 is 0 Å². The van der Waals surface area contributed by atoms with Gasteiger partial charge in [0, 0.05) is 25.8 Å². The van der Waals surface area contributed by atoms with E-state index in [-0.39, 0.29) is 5.91 Å². The summed E-state index contributed by atoms with van der Waals surface area (Å²) < 4.78 is 1.73. The molecule has 0 saturated carbocycles. The van der Waals surface area contributed by atoms with Crippen molar-refractivity contribution in [2.45, 2.75) is 26.9 Å². The Balaban J connectivity index is 2.14. The van der Waals surface area contributed by atoms with Gasteiger partial charge in [0.25, 0.3) is 5.91 Å². The van der Waals surface area contributed by atoms with Crippen LogP contribution in [0.2, 0.25) is 0 Å². The van der Waals surface area contributed by atoms with Gasteiger partial charge in [-0.15, -0.1) is 0 Å². The monoisotopic (exact) mass is 272 g/mol. The molecule has 0 fully saturated rings. The van der Waals surface area contributed by atoms with Gasteiger partial charge < -0.3 is 10.6 Å². The van der Waals surface area contributed by atoms with E-state index in [1.54, 1.807) is 16.6 Å². The van der Waals surface area contributed by atoms with Gasteiger partial charge in [0.2, 0.25) is 0 Å². The van der Waals surface area contributed by atoms with E-state index in [0.29, 0.717) is 18.8 Å². The van der Waals surface area contributed by atoms with Gasteiger partial charge in [0.15, 0.2) is 0 Å². The van der Waals surface area contributed by atoms with Crippen LogP contribution in [0.5, 0.6) is 0 Å². The van der Waals surface area contributed by atoms with Crippen molar-refractivity contribution in [3.05, 3.63) is 47.3 Å². The van der Waals surface area contributed by atoms with Crippen molar-refractivity contribution in [2.24, 2.45) is 0 Å². The van der Waals surface area contributed by atoms with Crippen molar-refractivity contribution in [3.8, 4) is 0 Å². The molecule has 1 aromatic carbocycles. The number of nitrogens with two attached hydrogens (primary N) is 1. The summed E-state index contributed by atoms with van der Waals surface area (Å²) in [4.78, 5) is 14.1. The van der Waals surface area contributed by atoms with Gasteiger partial charge >= 0.3 is 0 Å². The first-order valence-electron chi connectivity index (χ1n) is 6.65. The Morgan fingerprint density at radius 1 is 1.35 bits per heavy atom. The molecule has 1 heterocycles. The number of rotatable bonds is 4. The summed E-state index contributed by atoms with van der Waals surface area (Å²) in [7, 11) is 1.79. The maximum Gasteiger partial charge on any atom is 0.272 e. The quantitative estimate of drug-likeness (QED) is 0.866. The van der Waals surface area contributed by atoms with Gasteiger partial charge in [0.1, 0.15) is 5.69 Å². The van der Waals surface area contributed by atoms with E-state index in [2.05, 4.69) is 5.10 Å². The first kappa shape index (κ1) is 14.1. The number of amides is 1. The number of nitrogen functional groups attached to an aromatic ring is 1. The van der Waals surface area contributed by atoms with Crippen LogP contribution in [-0.2, 0) is 13.1 Å². The summed E-state index contributed by atoms with van der Waals surface area (Å²) in [6.45, 7) is 5.10. The minimum atomic E-state index is -0.0238. The molecule has 1 amide bonds. The van der Waals surface area contributed by atoms with E-state index < -0.39 is 0 Å². The molecule has 1 aromatic heterocycles. The van der Waals surface area contributed by atoms with Gasteiger partial charge in [-0.2, -0.15) is 5.10 Å². The number of hydrogen-bond donors (Lipinski definition) is 1. The molecule has 0 bridgehead atoms. The summed E-state index contributed by atoms with van der Waals surface area (Å²) in [5, 5.41) is 4.30. The molecule has 0 spiro atoms. The van der Waals surface area contributed by atoms with E-state index in [4.69, 9.17) is 5.73 Å². The maximum atomic E-state index is 12.4. The van der Waals surface area contributed by atoms with Crippen LogP contribution >= 0.6 is 0 Å². The average Bonchev–Trinajstić information content (AvgIpc) is 2.81. The lowest BCUT2D eigenvalue weighted by Gasteiger charge is -2.17. The lowest BCUT2D eigenvalue weighted by atomic mass is 10.2. The fourth-order valence-corrected chi connectivity index (χ4v) is 2.12. The molecule has 0 aliphatic carbocycles. The zero-order valence-corrected chi connectivity index (χ0v) is 12.1. The van der Waals surface area contributed by atoms with Crippen molar-refractivity contribution in [3.63, 3.8) is 0 Å². The first-order valence-corrected chi connectivity index (χ1v) is 6.65. The van der Waals surface area contributed by atoms with Gasteiger partial charge in [-0.25, -0.2) is 0 Å². The van der Waals surface area contributed by atoms with Crippen LogP contribution in [0.1, 0.15) is 28.7 Å². The van der Waals surface area contributed by atoms with E-state index in [1.807, 2.05) is 44.2 Å². The highest BCUT2D eigenvalue weighted by Crippen LogP contribution is 2.11. The molecule has 20 heavy (non-hydrogen) atoms. The molecular weight excluding hydrogens is 252 g/mol. The second-order valence-corrected chi connectivity index (χ2v) is 4.89. The molecule has 0 aliphatic rings. The molecule has 2 aromatic rings. The number of aromatic nitrogens is 2. The molecule has 5 nitrogen and oxygen atoms in total. The smallest absolute Gasteiger partial charge is 0.272 e. The van der Waals surface area contributed by atoms with Crippen LogP contribution in [-0.4, -0.2) is 27.6 Å². The standard InChI is InChI=1S/C15H20N4O/c1-4-19-14(9-11(2)17-19)15(20)18(3)10-12-5-7-13(16)8-6-12/h5-9H,4,10,16H2,1-3H3. The van der Waals surface area contributed by atoms with Gasteiger partial charge in [-0.05, 0) is 37.6 Å². The maximum absolute atomic E-state index is 12.4. The van der Waals surface area contributed by atoms with Crippen LogP contribution in [0.15, 0.2) is 30.3 Å². The van der Waals surface area contributed by atoms with E-state index in [0.717, 1.165) is 16.9 Å². The number of anilines is 1. The third-order valence-electron chi connectivity index (χ3n) is 3.17. The normalized spacial score (nSPS) is 10.6. The Morgan fingerprint density at radius 3 is 2.60 bits per heavy atom. The third kappa shape index (κ3) is 2.99. The van der Waals surface area contributed by atoms with E-state index in [1.165, 1.54) is 0 Å². The highest BCUT2D eigenvalue weighted by atomic mass is 16.2. The second kappa shape index (κ2) is 5.77. The Bertz CT molecular complexity index is 601. The van der Waals surface area contributed by atoms with Crippen LogP contribution in [0.4, 0.5) is 5.69 Å². The number of nitrogens with zero attached hydrogens (tertiary/aromatic N) is 3. The van der Waals surface area contributed by atoms with E-state index in [9.17, 15) is 4.79 Å². The molecule has 2 N–H and O–H groups in total. The third-order valence-corrected chi connectivity index (χ3v) is 3.17. The van der Waals surface area contributed by atoms with Gasteiger partial charge in [-0.3, -0.25) is 9.48 Å². The molecule has 0 radical (unpaired) electrons. The largest absolute Gasteiger partial charge is 0.399 e. The Labute approximate surface area is 119 Å². The fourth-order valence-electron chi connectivity index (χ4n) is 2.12. The van der Waals surface area contributed by atoms with Crippen LogP contribution in [0.3, 0.4) is 0 Å². The van der Waals surface area contributed by atoms with Crippen molar-refractivity contribution >= 4 is 11.6 Å². The zero-order chi connectivity index (χ0) is 14.7. The molecular formula is C15H20N4O. The molecule has 106 valence electrons. The number of benzene rings is 1. The molecule has 0 saturated heterocycles. The Morgan fingerprint density at radius 2 is 2.00 bits per heavy atom. The molecule has 2 rings (SSSR count). The Hall–Kier alpha value is -2.30. The van der Waals surface area contributed by atoms with Gasteiger partial charge in [0.05, 0.1) is 5.69 Å². The SMILES string of the molecule is CCn1nc(C)cc1C(=O)N(C)Cc1ccc(N)cc1. The number of carbonyl (C=O) groups is 1. The van der Waals surface area contributed by atoms with Crippen molar-refractivity contribution in [1.82, 2.24) is 14.7 Å². The second-order valence-electron chi connectivity index (χ2n) is 4.89. The summed E-state index contributed by atoms with van der Waals surface area (Å²) in [6.07, 6.45) is 0. The molecule has 0 unspecified atom stereocenters. The van der Waals surface area contributed by atoms with Crippen molar-refractivity contribution in [1.29, 1.82) is 0 Å². The average molecular weight is 272 g/mol. The topological polar surface area (TPSA) is 64.2 Å². The lowest BCUT2D eigenvalue weighted by molar-refractivity contribution is 0.0773. The highest BCUT2D eigenvalue weighted by Gasteiger charge is 2.17. The number of hydrogen-bond acceptors (Lipinski definition) is 3. The van der Waals surface area contributed by atoms with Crippen LogP contribution in [0.25, 0.3) is 0 Å². The lowest BCUT2D eigenvalue weighted by Crippen LogP contribution is -2.28. The summed E-state index contributed by atoms with van der Waals surface area (Å²) in [6, 6.07) is 9.37. The highest BCUT2D eigenvalue weighted by molar-refractivity contribution is 5.92. The predicted molar refractivity (Wildman–Crippen MR) is 79.3 cm³/mol. The molecule has 0 aliphatic heterocycles. The number of carbonyl (C=O) groups excluding carboxylic acids is 1. The number of aryl methyl sites for hydroxylation is 2. The zero-order valence-electron chi connectivity index (χ0n) is 12.1. The summed E-state index contributed by atoms with van der Waals surface area (Å²) in [5.74, 6) is -0.0238. The fraction of sp³-hybridized carbons (Fsp3) is 0.333. The molecule has 0 atom stereocenters. The molecule has 5 heteroatoms. The van der Waals surface area contributed by atoms with Crippen LogP contribution < -0.4 is 5.73 Å². The van der Waals surface area contributed by atoms with Crippen molar-refractivity contribution in [2.75, 3.05) is 12.8 Å². The van der Waals surface area contributed by atoms with Crippen molar-refractivity contribution < 1.29 is 4.79 Å². The minimum absolute atomic E-state index is 0.0238. The minimum Gasteiger partial charge on any atom is -0.399 e.